The van der Waals surface area contributed by atoms with Gasteiger partial charge >= 0.3 is 0 Å². The van der Waals surface area contributed by atoms with Gasteiger partial charge in [-0.3, -0.25) is 9.59 Å². The quantitative estimate of drug-likeness (QED) is 0.707. The van der Waals surface area contributed by atoms with Gasteiger partial charge in [0.2, 0.25) is 5.91 Å². The van der Waals surface area contributed by atoms with Crippen LogP contribution in [-0.4, -0.2) is 30.4 Å². The number of benzene rings is 2. The Morgan fingerprint density at radius 3 is 2.71 bits per heavy atom. The van der Waals surface area contributed by atoms with Gasteiger partial charge in [-0.2, -0.15) is 0 Å². The van der Waals surface area contributed by atoms with Gasteiger partial charge in [0.25, 0.3) is 0 Å². The summed E-state index contributed by atoms with van der Waals surface area (Å²) in [4.78, 5) is 24.5. The first kappa shape index (κ1) is 19.7. The lowest BCUT2D eigenvalue weighted by Gasteiger charge is -2.19. The van der Waals surface area contributed by atoms with Crippen molar-refractivity contribution in [3.05, 3.63) is 47.5 Å². The van der Waals surface area contributed by atoms with Crippen LogP contribution in [0.25, 0.3) is 0 Å². The van der Waals surface area contributed by atoms with E-state index in [1.807, 2.05) is 26.0 Å². The van der Waals surface area contributed by atoms with Crippen molar-refractivity contribution in [2.24, 2.45) is 0 Å². The van der Waals surface area contributed by atoms with Gasteiger partial charge in [0.05, 0.1) is 18.0 Å². The number of carbonyl (C=O) groups excluding carboxylic acids is 2. The first-order valence-electron chi connectivity index (χ1n) is 9.52. The van der Waals surface area contributed by atoms with E-state index in [9.17, 15) is 9.59 Å². The molecule has 6 heteroatoms. The Kier molecular flexibility index (Phi) is 5.87. The van der Waals surface area contributed by atoms with Crippen molar-refractivity contribution in [3.8, 4) is 11.5 Å². The van der Waals surface area contributed by atoms with Gasteiger partial charge in [0.1, 0.15) is 23.6 Å². The summed E-state index contributed by atoms with van der Waals surface area (Å²) in [5.41, 5.74) is 2.80. The summed E-state index contributed by atoms with van der Waals surface area (Å²) < 4.78 is 11.6. The average Bonchev–Trinajstić information content (AvgIpc) is 3.01. The van der Waals surface area contributed by atoms with E-state index in [0.717, 1.165) is 17.7 Å². The Balaban J connectivity index is 1.77. The fraction of sp³-hybridized carbons (Fsp3) is 0.364. The number of ether oxygens (including phenoxy) is 2. The maximum absolute atomic E-state index is 12.7. The predicted octanol–water partition coefficient (Wildman–Crippen LogP) is 4.05. The second-order valence-electron chi connectivity index (χ2n) is 6.98. The fourth-order valence-electron chi connectivity index (χ4n) is 3.27. The van der Waals surface area contributed by atoms with Crippen LogP contribution in [0.15, 0.2) is 36.4 Å². The molecule has 0 spiro atoms. The SMILES string of the molecule is CCOc1cc2c(cc1N[C@@H](C)C(=O)Nc1ccccc1C(C)=O)O[C@H](C)C2. The van der Waals surface area contributed by atoms with Gasteiger partial charge in [0, 0.05) is 23.6 Å². The molecule has 0 aliphatic carbocycles. The molecule has 0 saturated carbocycles. The second-order valence-corrected chi connectivity index (χ2v) is 6.98. The van der Waals surface area contributed by atoms with E-state index in [-0.39, 0.29) is 17.8 Å². The largest absolute Gasteiger partial charge is 0.492 e. The maximum atomic E-state index is 12.7. The zero-order valence-corrected chi connectivity index (χ0v) is 16.7. The van der Waals surface area contributed by atoms with Crippen molar-refractivity contribution < 1.29 is 19.1 Å². The summed E-state index contributed by atoms with van der Waals surface area (Å²) >= 11 is 0. The van der Waals surface area contributed by atoms with Gasteiger partial charge in [0.15, 0.2) is 5.78 Å². The molecule has 0 unspecified atom stereocenters. The molecule has 2 atom stereocenters. The average molecular weight is 382 g/mol. The van der Waals surface area contributed by atoms with Gasteiger partial charge < -0.3 is 20.1 Å². The first-order valence-corrected chi connectivity index (χ1v) is 9.52. The Morgan fingerprint density at radius 1 is 1.25 bits per heavy atom. The molecular formula is C22H26N2O4. The van der Waals surface area contributed by atoms with Crippen molar-refractivity contribution in [2.75, 3.05) is 17.2 Å². The van der Waals surface area contributed by atoms with Crippen LogP contribution < -0.4 is 20.1 Å². The molecule has 0 fully saturated rings. The lowest BCUT2D eigenvalue weighted by molar-refractivity contribution is -0.116. The number of amides is 1. The van der Waals surface area contributed by atoms with E-state index in [1.54, 1.807) is 31.2 Å². The van der Waals surface area contributed by atoms with E-state index >= 15 is 0 Å². The summed E-state index contributed by atoms with van der Waals surface area (Å²) in [6.07, 6.45) is 0.969. The molecule has 0 radical (unpaired) electrons. The standard InChI is InChI=1S/C22H26N2O4/c1-5-27-21-11-16-10-13(2)28-20(16)12-19(21)23-14(3)22(26)24-18-9-7-6-8-17(18)15(4)25/h6-9,11-14,23H,5,10H2,1-4H3,(H,24,26)/t13-,14+/m1/s1. The summed E-state index contributed by atoms with van der Waals surface area (Å²) in [7, 11) is 0. The summed E-state index contributed by atoms with van der Waals surface area (Å²) in [5.74, 6) is 1.17. The van der Waals surface area contributed by atoms with Gasteiger partial charge in [-0.15, -0.1) is 0 Å². The number of carbonyl (C=O) groups is 2. The van der Waals surface area contributed by atoms with Crippen LogP contribution in [-0.2, 0) is 11.2 Å². The summed E-state index contributed by atoms with van der Waals surface area (Å²) in [6.45, 7) is 7.71. The van der Waals surface area contributed by atoms with Crippen molar-refractivity contribution in [3.63, 3.8) is 0 Å². The highest BCUT2D eigenvalue weighted by Crippen LogP contribution is 2.38. The zero-order chi connectivity index (χ0) is 20.3. The Hall–Kier alpha value is -3.02. The molecule has 2 aromatic rings. The molecule has 0 saturated heterocycles. The molecule has 1 aliphatic heterocycles. The van der Waals surface area contributed by atoms with E-state index < -0.39 is 6.04 Å². The smallest absolute Gasteiger partial charge is 0.246 e. The van der Waals surface area contributed by atoms with Gasteiger partial charge in [-0.05, 0) is 45.9 Å². The Morgan fingerprint density at radius 2 is 2.00 bits per heavy atom. The lowest BCUT2D eigenvalue weighted by Crippen LogP contribution is -2.32. The molecule has 28 heavy (non-hydrogen) atoms. The predicted molar refractivity (Wildman–Crippen MR) is 110 cm³/mol. The van der Waals surface area contributed by atoms with Crippen molar-refractivity contribution in [1.82, 2.24) is 0 Å². The van der Waals surface area contributed by atoms with Crippen LogP contribution in [0.5, 0.6) is 11.5 Å². The minimum atomic E-state index is -0.545. The minimum Gasteiger partial charge on any atom is -0.492 e. The third-order valence-corrected chi connectivity index (χ3v) is 4.63. The minimum absolute atomic E-state index is 0.0972. The third-order valence-electron chi connectivity index (χ3n) is 4.63. The van der Waals surface area contributed by atoms with Gasteiger partial charge in [-0.1, -0.05) is 12.1 Å². The number of nitrogens with one attached hydrogen (secondary N) is 2. The monoisotopic (exact) mass is 382 g/mol. The van der Waals surface area contributed by atoms with Crippen LogP contribution in [0.1, 0.15) is 43.6 Å². The number of hydrogen-bond acceptors (Lipinski definition) is 5. The third kappa shape index (κ3) is 4.27. The summed E-state index contributed by atoms with van der Waals surface area (Å²) in [5, 5.41) is 6.03. The number of hydrogen-bond donors (Lipinski definition) is 2. The van der Waals surface area contributed by atoms with Crippen LogP contribution in [0.3, 0.4) is 0 Å². The Bertz CT molecular complexity index is 894. The van der Waals surface area contributed by atoms with Crippen LogP contribution in [0.4, 0.5) is 11.4 Å². The number of para-hydroxylation sites is 1. The lowest BCUT2D eigenvalue weighted by atomic mass is 10.1. The van der Waals surface area contributed by atoms with Gasteiger partial charge in [-0.25, -0.2) is 0 Å². The molecule has 2 N–H and O–H groups in total. The fourth-order valence-corrected chi connectivity index (χ4v) is 3.27. The van der Waals surface area contributed by atoms with Crippen LogP contribution >= 0.6 is 0 Å². The number of Topliss-reactive ketones (excluding diaryl/α,β-unsaturated/α-hetero) is 1. The molecule has 0 bridgehead atoms. The van der Waals surface area contributed by atoms with E-state index in [4.69, 9.17) is 9.47 Å². The molecule has 6 nitrogen and oxygen atoms in total. The molecule has 1 amide bonds. The highest BCUT2D eigenvalue weighted by molar-refractivity contribution is 6.05. The molecule has 2 aromatic carbocycles. The van der Waals surface area contributed by atoms with E-state index in [0.29, 0.717) is 29.3 Å². The molecule has 3 rings (SSSR count). The molecule has 1 heterocycles. The normalized spacial score (nSPS) is 15.9. The van der Waals surface area contributed by atoms with Crippen molar-refractivity contribution in [2.45, 2.75) is 46.3 Å². The van der Waals surface area contributed by atoms with Crippen molar-refractivity contribution >= 4 is 23.1 Å². The zero-order valence-electron chi connectivity index (χ0n) is 16.7. The number of fused-ring (bicyclic) bond motifs is 1. The Labute approximate surface area is 165 Å². The van der Waals surface area contributed by atoms with Crippen molar-refractivity contribution in [1.29, 1.82) is 0 Å². The first-order chi connectivity index (χ1) is 13.4. The highest BCUT2D eigenvalue weighted by atomic mass is 16.5. The van der Waals surface area contributed by atoms with E-state index in [1.165, 1.54) is 6.92 Å². The number of anilines is 2. The molecular weight excluding hydrogens is 356 g/mol. The summed E-state index contributed by atoms with van der Waals surface area (Å²) in [6, 6.07) is 10.3. The molecule has 1 aliphatic rings. The van der Waals surface area contributed by atoms with Crippen LogP contribution in [0.2, 0.25) is 0 Å². The maximum Gasteiger partial charge on any atom is 0.246 e. The topological polar surface area (TPSA) is 76.7 Å². The molecule has 0 aromatic heterocycles. The second kappa shape index (κ2) is 8.33. The van der Waals surface area contributed by atoms with Crippen LogP contribution in [0, 0.1) is 0 Å². The molecule has 148 valence electrons. The van der Waals surface area contributed by atoms with E-state index in [2.05, 4.69) is 10.6 Å². The number of rotatable bonds is 7. The number of ketones is 1. The highest BCUT2D eigenvalue weighted by Gasteiger charge is 2.24.